The van der Waals surface area contributed by atoms with Crippen LogP contribution in [0.2, 0.25) is 0 Å². The standard InChI is InChI=1S/C25H27N5/c1-16(17-5-3-2-4-6-17)19-7-8-23(26)30-24(19)20-11-14-28-25-21(20)15-22(29-25)18-9-12-27-13-10-18/h2-8,11,14-16,18,27H,9-10,12-13H2,1H3,(H2,26,30)(H,28,29). The molecule has 4 heterocycles. The Morgan fingerprint density at radius 3 is 2.63 bits per heavy atom. The molecule has 0 aliphatic carbocycles. The van der Waals surface area contributed by atoms with Gasteiger partial charge in [-0.05, 0) is 55.3 Å². The Balaban J connectivity index is 1.63. The topological polar surface area (TPSA) is 79.6 Å². The molecule has 5 heteroatoms. The number of aromatic nitrogens is 3. The zero-order chi connectivity index (χ0) is 20.5. The van der Waals surface area contributed by atoms with E-state index in [2.05, 4.69) is 64.7 Å². The van der Waals surface area contributed by atoms with E-state index in [1.807, 2.05) is 18.3 Å². The summed E-state index contributed by atoms with van der Waals surface area (Å²) >= 11 is 0. The molecule has 1 aromatic carbocycles. The summed E-state index contributed by atoms with van der Waals surface area (Å²) in [6.07, 6.45) is 4.16. The lowest BCUT2D eigenvalue weighted by molar-refractivity contribution is 0.455. The molecule has 30 heavy (non-hydrogen) atoms. The van der Waals surface area contributed by atoms with E-state index in [1.165, 1.54) is 16.8 Å². The second kappa shape index (κ2) is 7.92. The van der Waals surface area contributed by atoms with Crippen molar-refractivity contribution in [3.63, 3.8) is 0 Å². The fourth-order valence-electron chi connectivity index (χ4n) is 4.58. The number of hydrogen-bond acceptors (Lipinski definition) is 4. The smallest absolute Gasteiger partial charge is 0.138 e. The van der Waals surface area contributed by atoms with Crippen LogP contribution in [0, 0.1) is 0 Å². The maximum absolute atomic E-state index is 6.13. The molecule has 0 saturated carbocycles. The molecule has 1 unspecified atom stereocenters. The number of aromatic amines is 1. The summed E-state index contributed by atoms with van der Waals surface area (Å²) in [5.41, 5.74) is 12.8. The van der Waals surface area contributed by atoms with Crippen LogP contribution >= 0.6 is 0 Å². The van der Waals surface area contributed by atoms with E-state index in [0.717, 1.165) is 48.2 Å². The number of fused-ring (bicyclic) bond motifs is 1. The first kappa shape index (κ1) is 18.8. The second-order valence-corrected chi connectivity index (χ2v) is 8.18. The predicted molar refractivity (Wildman–Crippen MR) is 123 cm³/mol. The Bertz CT molecular complexity index is 1160. The van der Waals surface area contributed by atoms with Gasteiger partial charge in [0.25, 0.3) is 0 Å². The van der Waals surface area contributed by atoms with Crippen LogP contribution in [0.25, 0.3) is 22.3 Å². The van der Waals surface area contributed by atoms with Gasteiger partial charge in [-0.3, -0.25) is 0 Å². The first-order valence-electron chi connectivity index (χ1n) is 10.7. The van der Waals surface area contributed by atoms with Gasteiger partial charge in [-0.15, -0.1) is 0 Å². The highest BCUT2D eigenvalue weighted by Gasteiger charge is 2.21. The summed E-state index contributed by atoms with van der Waals surface area (Å²) in [6.45, 7) is 4.35. The molecule has 1 fully saturated rings. The van der Waals surface area contributed by atoms with Crippen LogP contribution in [0.15, 0.2) is 60.8 Å². The van der Waals surface area contributed by atoms with Crippen molar-refractivity contribution in [2.45, 2.75) is 31.6 Å². The van der Waals surface area contributed by atoms with Gasteiger partial charge >= 0.3 is 0 Å². The number of hydrogen-bond donors (Lipinski definition) is 3. The molecule has 5 rings (SSSR count). The zero-order valence-corrected chi connectivity index (χ0v) is 17.2. The van der Waals surface area contributed by atoms with Gasteiger partial charge in [-0.25, -0.2) is 9.97 Å². The van der Waals surface area contributed by atoms with E-state index in [1.54, 1.807) is 0 Å². The lowest BCUT2D eigenvalue weighted by atomic mass is 9.89. The third-order valence-electron chi connectivity index (χ3n) is 6.30. The molecule has 0 spiro atoms. The number of H-pyrrole nitrogens is 1. The molecule has 0 radical (unpaired) electrons. The van der Waals surface area contributed by atoms with Crippen LogP contribution in [-0.2, 0) is 0 Å². The number of nitrogens with one attached hydrogen (secondary N) is 2. The summed E-state index contributed by atoms with van der Waals surface area (Å²) in [7, 11) is 0. The van der Waals surface area contributed by atoms with Crippen molar-refractivity contribution in [1.82, 2.24) is 20.3 Å². The van der Waals surface area contributed by atoms with Crippen molar-refractivity contribution in [1.29, 1.82) is 0 Å². The van der Waals surface area contributed by atoms with Gasteiger partial charge in [0.1, 0.15) is 11.5 Å². The molecule has 1 atom stereocenters. The van der Waals surface area contributed by atoms with E-state index in [0.29, 0.717) is 11.7 Å². The number of anilines is 1. The highest BCUT2D eigenvalue weighted by atomic mass is 14.9. The zero-order valence-electron chi connectivity index (χ0n) is 17.2. The Kier molecular flexibility index (Phi) is 4.97. The van der Waals surface area contributed by atoms with Gasteiger partial charge in [0.2, 0.25) is 0 Å². The van der Waals surface area contributed by atoms with Crippen molar-refractivity contribution < 1.29 is 0 Å². The molecule has 1 aliphatic heterocycles. The third-order valence-corrected chi connectivity index (χ3v) is 6.30. The Hall–Kier alpha value is -3.18. The Morgan fingerprint density at radius 2 is 1.83 bits per heavy atom. The van der Waals surface area contributed by atoms with Crippen LogP contribution in [0.3, 0.4) is 0 Å². The number of nitrogens with zero attached hydrogens (tertiary/aromatic N) is 2. The number of nitrogen functional groups attached to an aromatic ring is 1. The van der Waals surface area contributed by atoms with Crippen LogP contribution < -0.4 is 11.1 Å². The maximum atomic E-state index is 6.13. The van der Waals surface area contributed by atoms with Crippen LogP contribution in [0.4, 0.5) is 5.82 Å². The van der Waals surface area contributed by atoms with E-state index < -0.39 is 0 Å². The summed E-state index contributed by atoms with van der Waals surface area (Å²) in [5.74, 6) is 1.29. The van der Waals surface area contributed by atoms with Crippen LogP contribution in [0.5, 0.6) is 0 Å². The molecule has 0 bridgehead atoms. The van der Waals surface area contributed by atoms with Crippen molar-refractivity contribution in [2.24, 2.45) is 0 Å². The summed E-state index contributed by atoms with van der Waals surface area (Å²) in [5, 5.41) is 4.56. The fourth-order valence-corrected chi connectivity index (χ4v) is 4.58. The number of benzene rings is 1. The summed E-state index contributed by atoms with van der Waals surface area (Å²) < 4.78 is 0. The molecule has 3 aromatic heterocycles. The average Bonchev–Trinajstić information content (AvgIpc) is 3.24. The highest BCUT2D eigenvalue weighted by molar-refractivity contribution is 5.93. The van der Waals surface area contributed by atoms with E-state index in [9.17, 15) is 0 Å². The van der Waals surface area contributed by atoms with Crippen molar-refractivity contribution in [3.05, 3.63) is 77.6 Å². The highest BCUT2D eigenvalue weighted by Crippen LogP contribution is 2.37. The Labute approximate surface area is 176 Å². The number of pyridine rings is 2. The average molecular weight is 398 g/mol. The first-order valence-corrected chi connectivity index (χ1v) is 10.7. The fraction of sp³-hybridized carbons (Fsp3) is 0.280. The molecule has 5 nitrogen and oxygen atoms in total. The minimum Gasteiger partial charge on any atom is -0.384 e. The second-order valence-electron chi connectivity index (χ2n) is 8.18. The lowest BCUT2D eigenvalue weighted by Gasteiger charge is -2.21. The molecule has 1 saturated heterocycles. The van der Waals surface area contributed by atoms with Gasteiger partial charge in [0.15, 0.2) is 0 Å². The van der Waals surface area contributed by atoms with Crippen LogP contribution in [0.1, 0.15) is 48.4 Å². The largest absolute Gasteiger partial charge is 0.384 e. The SMILES string of the molecule is CC(c1ccccc1)c1ccc(N)nc1-c1ccnc2[nH]c(C3CCNCC3)cc12. The van der Waals surface area contributed by atoms with E-state index in [4.69, 9.17) is 10.7 Å². The van der Waals surface area contributed by atoms with E-state index >= 15 is 0 Å². The summed E-state index contributed by atoms with van der Waals surface area (Å²) in [4.78, 5) is 13.0. The molecular formula is C25H27N5. The predicted octanol–water partition coefficient (Wildman–Crippen LogP) is 4.83. The molecule has 4 aromatic rings. The van der Waals surface area contributed by atoms with Crippen molar-refractivity contribution in [2.75, 3.05) is 18.8 Å². The van der Waals surface area contributed by atoms with Gasteiger partial charge in [0, 0.05) is 34.7 Å². The monoisotopic (exact) mass is 397 g/mol. The lowest BCUT2D eigenvalue weighted by Crippen LogP contribution is -2.26. The maximum Gasteiger partial charge on any atom is 0.138 e. The van der Waals surface area contributed by atoms with Gasteiger partial charge in [0.05, 0.1) is 5.69 Å². The van der Waals surface area contributed by atoms with Crippen molar-refractivity contribution >= 4 is 16.9 Å². The minimum atomic E-state index is 0.209. The van der Waals surface area contributed by atoms with Crippen molar-refractivity contribution in [3.8, 4) is 11.3 Å². The van der Waals surface area contributed by atoms with Crippen LogP contribution in [-0.4, -0.2) is 28.0 Å². The van der Waals surface area contributed by atoms with Gasteiger partial charge < -0.3 is 16.0 Å². The molecule has 0 amide bonds. The molecular weight excluding hydrogens is 370 g/mol. The number of piperidine rings is 1. The van der Waals surface area contributed by atoms with E-state index in [-0.39, 0.29) is 5.92 Å². The Morgan fingerprint density at radius 1 is 1.03 bits per heavy atom. The number of nitrogens with two attached hydrogens (primary N) is 1. The van der Waals surface area contributed by atoms with Gasteiger partial charge in [-0.1, -0.05) is 43.3 Å². The summed E-state index contributed by atoms with van der Waals surface area (Å²) in [6, 6.07) is 18.9. The normalized spacial score (nSPS) is 16.0. The van der Waals surface area contributed by atoms with Gasteiger partial charge in [-0.2, -0.15) is 0 Å². The minimum absolute atomic E-state index is 0.209. The molecule has 1 aliphatic rings. The molecule has 152 valence electrons. The first-order chi connectivity index (χ1) is 14.7. The molecule has 4 N–H and O–H groups in total. The third kappa shape index (κ3) is 3.46. The quantitative estimate of drug-likeness (QED) is 0.461. The number of rotatable bonds is 4.